The molecule has 1 N–H and O–H groups in total. The van der Waals surface area contributed by atoms with Crippen LogP contribution in [0.2, 0.25) is 0 Å². The lowest BCUT2D eigenvalue weighted by atomic mass is 9.51. The van der Waals surface area contributed by atoms with Crippen molar-refractivity contribution >= 4 is 29.0 Å². The highest BCUT2D eigenvalue weighted by Crippen LogP contribution is 2.58. The fraction of sp³-hybridized carbons (Fsp3) is 0.909. The summed E-state index contributed by atoms with van der Waals surface area (Å²) in [5, 5.41) is 13.7. The third-order valence-electron chi connectivity index (χ3n) is 8.03. The van der Waals surface area contributed by atoms with E-state index in [-0.39, 0.29) is 34.8 Å². The molecule has 2 saturated carbocycles. The molecule has 3 fully saturated rings. The maximum atomic E-state index is 11.2. The number of rotatable bonds is 2. The van der Waals surface area contributed by atoms with Crippen molar-refractivity contribution in [2.24, 2.45) is 22.7 Å². The summed E-state index contributed by atoms with van der Waals surface area (Å²) < 4.78 is 6.68. The van der Waals surface area contributed by atoms with Crippen molar-refractivity contribution in [1.29, 1.82) is 0 Å². The fourth-order valence-corrected chi connectivity index (χ4v) is 6.61. The molecule has 0 unspecified atom stereocenters. The van der Waals surface area contributed by atoms with Crippen molar-refractivity contribution in [3.63, 3.8) is 0 Å². The molecule has 0 aromatic rings. The number of nitrogens with zero attached hydrogens (tertiary/aromatic N) is 2. The number of halogens is 1. The molecule has 4 nitrogen and oxygen atoms in total. The third-order valence-corrected chi connectivity index (χ3v) is 8.88. The van der Waals surface area contributed by atoms with Gasteiger partial charge in [-0.1, -0.05) is 0 Å². The minimum absolute atomic E-state index is 0.0160. The van der Waals surface area contributed by atoms with Crippen molar-refractivity contribution in [1.82, 2.24) is 0 Å². The maximum absolute atomic E-state index is 11.2. The summed E-state index contributed by atoms with van der Waals surface area (Å²) in [6.45, 7) is 18.1. The number of hydrogen-bond donors (Lipinski definition) is 1. The summed E-state index contributed by atoms with van der Waals surface area (Å²) in [6.07, 6.45) is 4.97. The minimum Gasteiger partial charge on any atom is -0.388 e. The van der Waals surface area contributed by atoms with Gasteiger partial charge in [-0.3, -0.25) is 0 Å². The van der Waals surface area contributed by atoms with E-state index in [0.717, 1.165) is 32.1 Å². The van der Waals surface area contributed by atoms with E-state index in [4.69, 9.17) is 35.1 Å². The quantitative estimate of drug-likeness (QED) is 0.284. The van der Waals surface area contributed by atoms with E-state index >= 15 is 0 Å². The molecule has 2 aliphatic carbocycles. The molecule has 28 heavy (non-hydrogen) atoms. The first-order valence-corrected chi connectivity index (χ1v) is 11.3. The molecule has 0 radical (unpaired) electrons. The zero-order valence-corrected chi connectivity index (χ0v) is 19.2. The van der Waals surface area contributed by atoms with Crippen LogP contribution in [0.25, 0.3) is 4.85 Å². The number of ether oxygens (including phenoxy) is 1. The van der Waals surface area contributed by atoms with Crippen molar-refractivity contribution < 1.29 is 9.84 Å². The van der Waals surface area contributed by atoms with Crippen molar-refractivity contribution in [3.05, 3.63) is 11.4 Å². The zero-order valence-electron chi connectivity index (χ0n) is 17.7. The summed E-state index contributed by atoms with van der Waals surface area (Å²) in [6, 6.07) is -0.354. The fourth-order valence-electron chi connectivity index (χ4n) is 6.35. The molecule has 6 heteroatoms. The molecule has 3 rings (SSSR count). The number of alkyl halides is 1. The van der Waals surface area contributed by atoms with E-state index in [2.05, 4.69) is 42.7 Å². The van der Waals surface area contributed by atoms with Crippen LogP contribution in [-0.2, 0) is 4.74 Å². The smallest absolute Gasteiger partial charge is 0.233 e. The second-order valence-corrected chi connectivity index (χ2v) is 11.1. The van der Waals surface area contributed by atoms with Crippen molar-refractivity contribution in [2.75, 3.05) is 0 Å². The van der Waals surface area contributed by atoms with Crippen LogP contribution >= 0.6 is 23.8 Å². The highest BCUT2D eigenvalue weighted by molar-refractivity contribution is 7.78. The predicted molar refractivity (Wildman–Crippen MR) is 116 cm³/mol. The highest BCUT2D eigenvalue weighted by atomic mass is 35.5. The lowest BCUT2D eigenvalue weighted by molar-refractivity contribution is -0.219. The first-order valence-electron chi connectivity index (χ1n) is 10.4. The summed E-state index contributed by atoms with van der Waals surface area (Å²) in [7, 11) is 0. The number of isothiocyanates is 1. The molecule has 1 saturated heterocycles. The number of aliphatic imine (C=N–C) groups is 1. The third kappa shape index (κ3) is 3.57. The number of aliphatic hydroxyl groups is 1. The predicted octanol–water partition coefficient (Wildman–Crippen LogP) is 5.28. The molecule has 1 aliphatic heterocycles. The SMILES string of the molecule is [C-]#[N+][C@@]1(C)CC[C@H]([C@@]2(C)CC[C@H](Cl)C(C)(C)O2)[C@H]2[C@@H](N=C=S)[C@](C)(O)CC[C@@H]21. The Labute approximate surface area is 179 Å². The lowest BCUT2D eigenvalue weighted by Crippen LogP contribution is -2.64. The Morgan fingerprint density at radius 1 is 1.11 bits per heavy atom. The van der Waals surface area contributed by atoms with Crippen LogP contribution in [-0.4, -0.2) is 44.0 Å². The van der Waals surface area contributed by atoms with E-state index in [9.17, 15) is 5.11 Å². The minimum atomic E-state index is -0.943. The van der Waals surface area contributed by atoms with Gasteiger partial charge in [0.25, 0.3) is 0 Å². The van der Waals surface area contributed by atoms with Gasteiger partial charge in [0.2, 0.25) is 5.54 Å². The topological polar surface area (TPSA) is 46.2 Å². The second-order valence-electron chi connectivity index (χ2n) is 10.4. The van der Waals surface area contributed by atoms with Crippen LogP contribution < -0.4 is 0 Å². The van der Waals surface area contributed by atoms with E-state index in [1.807, 2.05) is 6.92 Å². The molecule has 0 bridgehead atoms. The Morgan fingerprint density at radius 2 is 1.75 bits per heavy atom. The lowest BCUT2D eigenvalue weighted by Gasteiger charge is -2.58. The summed E-state index contributed by atoms with van der Waals surface area (Å²) in [5.41, 5.74) is -2.14. The molecule has 0 amide bonds. The number of hydrogen-bond acceptors (Lipinski definition) is 4. The summed E-state index contributed by atoms with van der Waals surface area (Å²) >= 11 is 11.5. The van der Waals surface area contributed by atoms with Gasteiger partial charge < -0.3 is 14.7 Å². The van der Waals surface area contributed by atoms with Gasteiger partial charge in [-0.25, -0.2) is 11.6 Å². The van der Waals surface area contributed by atoms with Crippen LogP contribution in [0.4, 0.5) is 0 Å². The molecule has 156 valence electrons. The molecule has 0 aromatic carbocycles. The Hall–Kier alpha value is -0.500. The Balaban J connectivity index is 2.06. The Kier molecular flexibility index (Phi) is 5.81. The highest BCUT2D eigenvalue weighted by Gasteiger charge is 2.63. The molecule has 1 heterocycles. The van der Waals surface area contributed by atoms with Gasteiger partial charge >= 0.3 is 0 Å². The standard InChI is InChI=1S/C22H33ClN2O2S/c1-19(2)16(23)9-12-22(5,27-19)15-7-10-20(3,24-6)14-8-11-21(4,26)18(17(14)15)25-13-28/h14-18,26H,7-12H2,1-5H3/t14-,15-,16-,17-,18+,20-,21+,22+/m0/s1. The molecule has 0 spiro atoms. The molecular formula is C22H33ClN2O2S. The zero-order chi connectivity index (χ0) is 21.0. The normalized spacial score (nSPS) is 50.7. The largest absolute Gasteiger partial charge is 0.388 e. The van der Waals surface area contributed by atoms with Gasteiger partial charge in [-0.15, -0.1) is 11.6 Å². The first-order chi connectivity index (χ1) is 12.9. The van der Waals surface area contributed by atoms with Crippen LogP contribution in [0, 0.1) is 24.3 Å². The van der Waals surface area contributed by atoms with E-state index in [1.54, 1.807) is 0 Å². The molecule has 0 aromatic heterocycles. The van der Waals surface area contributed by atoms with Gasteiger partial charge in [0.05, 0.1) is 33.4 Å². The summed E-state index contributed by atoms with van der Waals surface area (Å²) in [5.74, 6) is 0.401. The number of thiocarbonyl (C=S) groups is 1. The average molecular weight is 425 g/mol. The molecule has 3 aliphatic rings. The van der Waals surface area contributed by atoms with E-state index in [1.165, 1.54) is 0 Å². The Morgan fingerprint density at radius 3 is 2.32 bits per heavy atom. The first kappa shape index (κ1) is 22.2. The van der Waals surface area contributed by atoms with E-state index < -0.39 is 16.7 Å². The van der Waals surface area contributed by atoms with Crippen molar-refractivity contribution in [3.8, 4) is 0 Å². The second kappa shape index (κ2) is 7.33. The van der Waals surface area contributed by atoms with Crippen LogP contribution in [0.15, 0.2) is 4.99 Å². The van der Waals surface area contributed by atoms with E-state index in [0.29, 0.717) is 6.42 Å². The van der Waals surface area contributed by atoms with Crippen LogP contribution in [0.1, 0.15) is 73.1 Å². The summed E-state index contributed by atoms with van der Waals surface area (Å²) in [4.78, 5) is 8.55. The molecular weight excluding hydrogens is 392 g/mol. The van der Waals surface area contributed by atoms with Gasteiger partial charge in [0.1, 0.15) is 0 Å². The number of fused-ring (bicyclic) bond motifs is 1. The van der Waals surface area contributed by atoms with Gasteiger partial charge in [0, 0.05) is 25.2 Å². The Bertz CT molecular complexity index is 714. The van der Waals surface area contributed by atoms with Crippen LogP contribution in [0.5, 0.6) is 0 Å². The van der Waals surface area contributed by atoms with Crippen molar-refractivity contribution in [2.45, 2.75) is 107 Å². The van der Waals surface area contributed by atoms with Gasteiger partial charge in [-0.05, 0) is 77.9 Å². The molecule has 8 atom stereocenters. The van der Waals surface area contributed by atoms with Crippen LogP contribution in [0.3, 0.4) is 0 Å². The van der Waals surface area contributed by atoms with Gasteiger partial charge in [-0.2, -0.15) is 0 Å². The maximum Gasteiger partial charge on any atom is 0.233 e. The average Bonchev–Trinajstić information content (AvgIpc) is 2.60. The monoisotopic (exact) mass is 424 g/mol. The van der Waals surface area contributed by atoms with Gasteiger partial charge in [0.15, 0.2) is 0 Å².